The average molecular weight is 339 g/mol. The molecular weight excluding hydrogens is 313 g/mol. The van der Waals surface area contributed by atoms with Gasteiger partial charge in [0.05, 0.1) is 0 Å². The van der Waals surface area contributed by atoms with Crippen molar-refractivity contribution in [1.82, 2.24) is 4.90 Å². The van der Waals surface area contributed by atoms with Crippen molar-refractivity contribution in [2.75, 3.05) is 13.9 Å². The van der Waals surface area contributed by atoms with Crippen molar-refractivity contribution >= 4 is 6.09 Å². The maximum atomic E-state index is 14.3. The fourth-order valence-corrected chi connectivity index (χ4v) is 3.60. The molecule has 1 unspecified atom stereocenters. The van der Waals surface area contributed by atoms with Gasteiger partial charge in [-0.15, -0.1) is 0 Å². The third-order valence-electron chi connectivity index (χ3n) is 4.65. The van der Waals surface area contributed by atoms with Gasteiger partial charge in [-0.3, -0.25) is 4.90 Å². The molecule has 0 spiro atoms. The molecule has 1 aliphatic rings. The van der Waals surface area contributed by atoms with Crippen LogP contribution in [0.5, 0.6) is 0 Å². The molecular formula is C18H26FNO4. The highest BCUT2D eigenvalue weighted by Gasteiger charge is 2.38. The van der Waals surface area contributed by atoms with Crippen molar-refractivity contribution < 1.29 is 23.8 Å². The second-order valence-corrected chi connectivity index (χ2v) is 6.11. The molecule has 0 radical (unpaired) electrons. The molecule has 6 heteroatoms. The third kappa shape index (κ3) is 4.24. The smallest absolute Gasteiger partial charge is 0.409 e. The molecule has 0 bridgehead atoms. The Morgan fingerprint density at radius 1 is 1.38 bits per heavy atom. The van der Waals surface area contributed by atoms with Gasteiger partial charge in [-0.1, -0.05) is 38.0 Å². The minimum Gasteiger partial charge on any atom is -0.465 e. The van der Waals surface area contributed by atoms with Crippen molar-refractivity contribution in [3.8, 4) is 0 Å². The molecule has 1 aromatic carbocycles. The molecule has 0 aromatic heterocycles. The summed E-state index contributed by atoms with van der Waals surface area (Å²) in [6.07, 6.45) is 2.26. The summed E-state index contributed by atoms with van der Waals surface area (Å²) < 4.78 is 24.8. The maximum absolute atomic E-state index is 14.3. The van der Waals surface area contributed by atoms with E-state index >= 15 is 0 Å². The van der Waals surface area contributed by atoms with E-state index in [1.165, 1.54) is 18.1 Å². The van der Waals surface area contributed by atoms with Crippen LogP contribution >= 0.6 is 0 Å². The Balaban J connectivity index is 2.31. The number of carboxylic acid groups (broad SMARTS) is 1. The minimum absolute atomic E-state index is 0.0272. The molecule has 1 fully saturated rings. The molecule has 24 heavy (non-hydrogen) atoms. The first-order valence-electron chi connectivity index (χ1n) is 8.46. The molecule has 0 saturated heterocycles. The largest absolute Gasteiger partial charge is 0.465 e. The van der Waals surface area contributed by atoms with Crippen LogP contribution in [-0.4, -0.2) is 42.3 Å². The van der Waals surface area contributed by atoms with E-state index in [0.29, 0.717) is 18.4 Å². The lowest BCUT2D eigenvalue weighted by atomic mass is 9.79. The fourth-order valence-electron chi connectivity index (χ4n) is 3.60. The summed E-state index contributed by atoms with van der Waals surface area (Å²) in [6.45, 7) is 1.90. The third-order valence-corrected chi connectivity index (χ3v) is 4.65. The number of halogens is 1. The highest BCUT2D eigenvalue weighted by Crippen LogP contribution is 2.38. The Kier molecular flexibility index (Phi) is 6.99. The van der Waals surface area contributed by atoms with Crippen LogP contribution in [0.2, 0.25) is 0 Å². The minimum atomic E-state index is -1.04. The maximum Gasteiger partial charge on any atom is 0.409 e. The Labute approximate surface area is 142 Å². The van der Waals surface area contributed by atoms with E-state index in [-0.39, 0.29) is 24.6 Å². The van der Waals surface area contributed by atoms with Gasteiger partial charge in [0.2, 0.25) is 0 Å². The fraction of sp³-hybridized carbons (Fsp3) is 0.611. The van der Waals surface area contributed by atoms with E-state index < -0.39 is 12.3 Å². The predicted octanol–water partition coefficient (Wildman–Crippen LogP) is 4.19. The lowest BCUT2D eigenvalue weighted by Gasteiger charge is -2.42. The van der Waals surface area contributed by atoms with Crippen LogP contribution in [0, 0.1) is 5.82 Å². The number of ether oxygens (including phenoxy) is 2. The number of hydrogen-bond donors (Lipinski definition) is 1. The van der Waals surface area contributed by atoms with Gasteiger partial charge in [-0.25, -0.2) is 9.18 Å². The molecule has 0 heterocycles. The zero-order chi connectivity index (χ0) is 17.5. The summed E-state index contributed by atoms with van der Waals surface area (Å²) in [5.41, 5.74) is 0.593. The SMILES string of the molecule is CCC(OCOC)N(C(=O)O)[C@H]1CCCC[C@H]1c1ccccc1F. The van der Waals surface area contributed by atoms with E-state index in [4.69, 9.17) is 9.47 Å². The van der Waals surface area contributed by atoms with Crippen LogP contribution in [0.4, 0.5) is 9.18 Å². The van der Waals surface area contributed by atoms with E-state index in [0.717, 1.165) is 19.3 Å². The number of amides is 1. The number of methoxy groups -OCH3 is 1. The number of nitrogens with zero attached hydrogens (tertiary/aromatic N) is 1. The number of carbonyl (C=O) groups is 1. The van der Waals surface area contributed by atoms with Gasteiger partial charge in [0, 0.05) is 19.1 Å². The molecule has 1 aliphatic carbocycles. The lowest BCUT2D eigenvalue weighted by Crippen LogP contribution is -2.51. The van der Waals surface area contributed by atoms with Crippen LogP contribution in [0.3, 0.4) is 0 Å². The molecule has 3 atom stereocenters. The highest BCUT2D eigenvalue weighted by molar-refractivity contribution is 5.66. The Bertz CT molecular complexity index is 540. The Morgan fingerprint density at radius 3 is 2.71 bits per heavy atom. The standard InChI is InChI=1S/C18H26FNO4/c1-3-17(24-12-23-2)20(18(21)22)16-11-7-5-9-14(16)13-8-4-6-10-15(13)19/h4,6,8,10,14,16-17H,3,5,7,9,11-12H2,1-2H3,(H,21,22)/t14-,16-,17?/m0/s1. The summed E-state index contributed by atoms with van der Waals surface area (Å²) >= 11 is 0. The summed E-state index contributed by atoms with van der Waals surface area (Å²) in [6, 6.07) is 6.35. The first kappa shape index (κ1) is 18.7. The molecule has 134 valence electrons. The van der Waals surface area contributed by atoms with Crippen LogP contribution in [0.1, 0.15) is 50.5 Å². The van der Waals surface area contributed by atoms with Gasteiger partial charge in [-0.05, 0) is 30.9 Å². The van der Waals surface area contributed by atoms with E-state index in [1.807, 2.05) is 6.92 Å². The van der Waals surface area contributed by atoms with Gasteiger partial charge in [0.1, 0.15) is 18.8 Å². The molecule has 1 N–H and O–H groups in total. The first-order valence-corrected chi connectivity index (χ1v) is 8.46. The molecule has 0 aliphatic heterocycles. The molecule has 2 rings (SSSR count). The molecule has 1 saturated carbocycles. The van der Waals surface area contributed by atoms with Crippen LogP contribution in [0.15, 0.2) is 24.3 Å². The first-order chi connectivity index (χ1) is 11.6. The summed E-state index contributed by atoms with van der Waals surface area (Å²) in [5.74, 6) is -0.429. The van der Waals surface area contributed by atoms with E-state index in [1.54, 1.807) is 18.2 Å². The summed E-state index contributed by atoms with van der Waals surface area (Å²) in [5, 5.41) is 9.77. The lowest BCUT2D eigenvalue weighted by molar-refractivity contribution is -0.136. The Morgan fingerprint density at radius 2 is 2.08 bits per heavy atom. The predicted molar refractivity (Wildman–Crippen MR) is 88.3 cm³/mol. The van der Waals surface area contributed by atoms with Crippen molar-refractivity contribution in [3.05, 3.63) is 35.6 Å². The number of benzene rings is 1. The van der Waals surface area contributed by atoms with Crippen molar-refractivity contribution in [2.24, 2.45) is 0 Å². The van der Waals surface area contributed by atoms with Gasteiger partial charge in [0.15, 0.2) is 0 Å². The normalized spacial score (nSPS) is 22.1. The topological polar surface area (TPSA) is 59.0 Å². The van der Waals surface area contributed by atoms with Crippen molar-refractivity contribution in [3.63, 3.8) is 0 Å². The van der Waals surface area contributed by atoms with Crippen molar-refractivity contribution in [1.29, 1.82) is 0 Å². The second-order valence-electron chi connectivity index (χ2n) is 6.11. The molecule has 1 amide bonds. The number of rotatable bonds is 7. The summed E-state index contributed by atoms with van der Waals surface area (Å²) in [7, 11) is 1.50. The van der Waals surface area contributed by atoms with Crippen LogP contribution in [-0.2, 0) is 9.47 Å². The van der Waals surface area contributed by atoms with E-state index in [9.17, 15) is 14.3 Å². The van der Waals surface area contributed by atoms with Crippen molar-refractivity contribution in [2.45, 2.75) is 57.2 Å². The zero-order valence-electron chi connectivity index (χ0n) is 14.3. The van der Waals surface area contributed by atoms with Gasteiger partial charge in [-0.2, -0.15) is 0 Å². The van der Waals surface area contributed by atoms with Gasteiger partial charge in [0.25, 0.3) is 0 Å². The van der Waals surface area contributed by atoms with Crippen LogP contribution < -0.4 is 0 Å². The molecule has 5 nitrogen and oxygen atoms in total. The summed E-state index contributed by atoms with van der Waals surface area (Å²) in [4.78, 5) is 13.3. The van der Waals surface area contributed by atoms with Crippen LogP contribution in [0.25, 0.3) is 0 Å². The molecule has 1 aromatic rings. The number of hydrogen-bond acceptors (Lipinski definition) is 3. The monoisotopic (exact) mass is 339 g/mol. The van der Waals surface area contributed by atoms with E-state index in [2.05, 4.69) is 0 Å². The second kappa shape index (κ2) is 8.99. The average Bonchev–Trinajstić information content (AvgIpc) is 2.59. The highest BCUT2D eigenvalue weighted by atomic mass is 19.1. The van der Waals surface area contributed by atoms with Gasteiger partial charge < -0.3 is 14.6 Å². The zero-order valence-corrected chi connectivity index (χ0v) is 14.3. The quantitative estimate of drug-likeness (QED) is 0.757. The Hall–Kier alpha value is -1.66. The van der Waals surface area contributed by atoms with Gasteiger partial charge >= 0.3 is 6.09 Å².